The van der Waals surface area contributed by atoms with Crippen LogP contribution in [0.1, 0.15) is 36.2 Å². The molecule has 26 heavy (non-hydrogen) atoms. The number of carbonyl (C=O) groups is 1. The van der Waals surface area contributed by atoms with Crippen LogP contribution in [-0.4, -0.2) is 42.0 Å². The maximum atomic E-state index is 12.9. The van der Waals surface area contributed by atoms with Crippen molar-refractivity contribution in [1.29, 1.82) is 0 Å². The van der Waals surface area contributed by atoms with Gasteiger partial charge in [-0.25, -0.2) is 4.98 Å². The summed E-state index contributed by atoms with van der Waals surface area (Å²) in [7, 11) is 0. The lowest BCUT2D eigenvalue weighted by Gasteiger charge is -2.44. The van der Waals surface area contributed by atoms with Crippen molar-refractivity contribution in [2.24, 2.45) is 5.41 Å². The van der Waals surface area contributed by atoms with E-state index in [9.17, 15) is 4.79 Å². The van der Waals surface area contributed by atoms with Gasteiger partial charge in [0.05, 0.1) is 0 Å². The summed E-state index contributed by atoms with van der Waals surface area (Å²) in [6, 6.07) is 15.5. The van der Waals surface area contributed by atoms with Crippen LogP contribution in [0.5, 0.6) is 0 Å². The van der Waals surface area contributed by atoms with Crippen molar-refractivity contribution in [3.05, 3.63) is 54.2 Å². The largest absolute Gasteiger partial charge is 0.340 e. The van der Waals surface area contributed by atoms with E-state index < -0.39 is 0 Å². The van der Waals surface area contributed by atoms with Crippen LogP contribution in [0.4, 0.5) is 11.5 Å². The zero-order valence-electron chi connectivity index (χ0n) is 15.1. The highest BCUT2D eigenvalue weighted by atomic mass is 16.2. The predicted molar refractivity (Wildman–Crippen MR) is 104 cm³/mol. The Balaban J connectivity index is 1.41. The first kappa shape index (κ1) is 17.0. The Bertz CT molecular complexity index is 746. The number of benzene rings is 1. The lowest BCUT2D eigenvalue weighted by atomic mass is 9.71. The van der Waals surface area contributed by atoms with Gasteiger partial charge in [0.25, 0.3) is 5.91 Å². The van der Waals surface area contributed by atoms with Crippen LogP contribution in [0.3, 0.4) is 0 Å². The molecule has 0 unspecified atom stereocenters. The molecule has 0 saturated carbocycles. The molecule has 0 bridgehead atoms. The van der Waals surface area contributed by atoms with Gasteiger partial charge < -0.3 is 15.5 Å². The second-order valence-corrected chi connectivity index (χ2v) is 7.44. The first-order valence-electron chi connectivity index (χ1n) is 9.53. The smallest absolute Gasteiger partial charge is 0.272 e. The number of anilines is 2. The molecule has 1 amide bonds. The van der Waals surface area contributed by atoms with Crippen LogP contribution < -0.4 is 10.6 Å². The minimum atomic E-state index is 0.0468. The van der Waals surface area contributed by atoms with Crippen LogP contribution in [-0.2, 0) is 0 Å². The van der Waals surface area contributed by atoms with E-state index in [4.69, 9.17) is 0 Å². The molecule has 1 aromatic heterocycles. The number of nitrogens with zero attached hydrogens (tertiary/aromatic N) is 2. The van der Waals surface area contributed by atoms with Crippen LogP contribution in [0.2, 0.25) is 0 Å². The molecule has 136 valence electrons. The fourth-order valence-electron chi connectivity index (χ4n) is 4.10. The Morgan fingerprint density at radius 1 is 0.962 bits per heavy atom. The predicted octanol–water partition coefficient (Wildman–Crippen LogP) is 3.43. The van der Waals surface area contributed by atoms with Crippen LogP contribution >= 0.6 is 0 Å². The molecule has 5 nitrogen and oxygen atoms in total. The number of rotatable bonds is 3. The summed E-state index contributed by atoms with van der Waals surface area (Å²) in [5, 5.41) is 6.70. The van der Waals surface area contributed by atoms with E-state index >= 15 is 0 Å². The molecule has 2 N–H and O–H groups in total. The summed E-state index contributed by atoms with van der Waals surface area (Å²) in [5.74, 6) is 0.749. The third-order valence-corrected chi connectivity index (χ3v) is 5.79. The van der Waals surface area contributed by atoms with E-state index in [1.54, 1.807) is 0 Å². The van der Waals surface area contributed by atoms with Gasteiger partial charge >= 0.3 is 0 Å². The van der Waals surface area contributed by atoms with Crippen molar-refractivity contribution < 1.29 is 4.79 Å². The van der Waals surface area contributed by atoms with Crippen LogP contribution in [0.25, 0.3) is 0 Å². The van der Waals surface area contributed by atoms with Crippen LogP contribution in [0.15, 0.2) is 48.5 Å². The average molecular weight is 350 g/mol. The summed E-state index contributed by atoms with van der Waals surface area (Å²) in [6.07, 6.45) is 4.71. The summed E-state index contributed by atoms with van der Waals surface area (Å²) < 4.78 is 0. The fraction of sp³-hybridized carbons (Fsp3) is 0.429. The average Bonchev–Trinajstić information content (AvgIpc) is 2.70. The molecule has 0 aliphatic carbocycles. The molecule has 2 saturated heterocycles. The Kier molecular flexibility index (Phi) is 4.89. The van der Waals surface area contributed by atoms with Crippen molar-refractivity contribution in [3.63, 3.8) is 0 Å². The second kappa shape index (κ2) is 7.46. The van der Waals surface area contributed by atoms with Gasteiger partial charge in [0.1, 0.15) is 11.5 Å². The number of para-hydroxylation sites is 1. The van der Waals surface area contributed by atoms with E-state index in [2.05, 4.69) is 15.6 Å². The SMILES string of the molecule is O=C(c1cccc(Nc2ccccc2)n1)N1CCC2(CCNCC2)CC1. The van der Waals surface area contributed by atoms with Crippen molar-refractivity contribution in [1.82, 2.24) is 15.2 Å². The molecule has 0 radical (unpaired) electrons. The number of likely N-dealkylation sites (tertiary alicyclic amines) is 1. The third-order valence-electron chi connectivity index (χ3n) is 5.79. The summed E-state index contributed by atoms with van der Waals surface area (Å²) in [5.41, 5.74) is 1.94. The molecular formula is C21H26N4O. The van der Waals surface area contributed by atoms with Crippen molar-refractivity contribution >= 4 is 17.4 Å². The Morgan fingerprint density at radius 3 is 2.42 bits per heavy atom. The van der Waals surface area contributed by atoms with Gasteiger partial charge in [0.15, 0.2) is 0 Å². The zero-order chi connectivity index (χ0) is 17.8. The van der Waals surface area contributed by atoms with Gasteiger partial charge in [-0.05, 0) is 68.5 Å². The summed E-state index contributed by atoms with van der Waals surface area (Å²) >= 11 is 0. The highest BCUT2D eigenvalue weighted by Gasteiger charge is 2.37. The van der Waals surface area contributed by atoms with Crippen LogP contribution in [0, 0.1) is 5.41 Å². The standard InChI is InChI=1S/C21H26N4O/c26-20(25-15-11-21(12-16-25)9-13-22-14-10-21)18-7-4-8-19(24-18)23-17-5-2-1-3-6-17/h1-8,22H,9-16H2,(H,23,24). The Hall–Kier alpha value is -2.40. The zero-order valence-corrected chi connectivity index (χ0v) is 15.1. The van der Waals surface area contributed by atoms with E-state index in [1.165, 1.54) is 12.8 Å². The second-order valence-electron chi connectivity index (χ2n) is 7.44. The highest BCUT2D eigenvalue weighted by molar-refractivity contribution is 5.92. The number of amides is 1. The first-order valence-corrected chi connectivity index (χ1v) is 9.53. The number of hydrogen-bond donors (Lipinski definition) is 2. The molecule has 1 aromatic carbocycles. The minimum absolute atomic E-state index is 0.0468. The number of pyridine rings is 1. The number of piperidine rings is 2. The van der Waals surface area contributed by atoms with Gasteiger partial charge in [0, 0.05) is 18.8 Å². The van der Waals surface area contributed by atoms with Gasteiger partial charge in [-0.15, -0.1) is 0 Å². The van der Waals surface area contributed by atoms with Crippen molar-refractivity contribution in [2.45, 2.75) is 25.7 Å². The monoisotopic (exact) mass is 350 g/mol. The van der Waals surface area contributed by atoms with Gasteiger partial charge in [0.2, 0.25) is 0 Å². The molecule has 5 heteroatoms. The minimum Gasteiger partial charge on any atom is -0.340 e. The molecule has 2 aliphatic heterocycles. The fourth-order valence-corrected chi connectivity index (χ4v) is 4.10. The van der Waals surface area contributed by atoms with E-state index in [-0.39, 0.29) is 5.91 Å². The molecule has 0 atom stereocenters. The number of nitrogens with one attached hydrogen (secondary N) is 2. The molecule has 2 aromatic rings. The highest BCUT2D eigenvalue weighted by Crippen LogP contribution is 2.39. The Labute approximate surface area is 154 Å². The quantitative estimate of drug-likeness (QED) is 0.890. The molecule has 1 spiro atoms. The number of hydrogen-bond acceptors (Lipinski definition) is 4. The number of aromatic nitrogens is 1. The molecular weight excluding hydrogens is 324 g/mol. The van der Waals surface area contributed by atoms with Gasteiger partial charge in [-0.2, -0.15) is 0 Å². The molecule has 2 aliphatic rings. The van der Waals surface area contributed by atoms with Gasteiger partial charge in [-0.1, -0.05) is 24.3 Å². The van der Waals surface area contributed by atoms with E-state index in [0.717, 1.165) is 44.7 Å². The van der Waals surface area contributed by atoms with E-state index in [1.807, 2.05) is 53.4 Å². The van der Waals surface area contributed by atoms with Crippen molar-refractivity contribution in [3.8, 4) is 0 Å². The summed E-state index contributed by atoms with van der Waals surface area (Å²) in [6.45, 7) is 3.92. The van der Waals surface area contributed by atoms with Gasteiger partial charge in [-0.3, -0.25) is 4.79 Å². The topological polar surface area (TPSA) is 57.3 Å². The maximum absolute atomic E-state index is 12.9. The lowest BCUT2D eigenvalue weighted by Crippen LogP contribution is -2.47. The Morgan fingerprint density at radius 2 is 1.69 bits per heavy atom. The molecule has 2 fully saturated rings. The lowest BCUT2D eigenvalue weighted by molar-refractivity contribution is 0.0491. The summed E-state index contributed by atoms with van der Waals surface area (Å²) in [4.78, 5) is 19.4. The number of carbonyl (C=O) groups excluding carboxylic acids is 1. The third kappa shape index (κ3) is 3.73. The normalized spacial score (nSPS) is 19.3. The van der Waals surface area contributed by atoms with E-state index in [0.29, 0.717) is 16.9 Å². The van der Waals surface area contributed by atoms with Crippen molar-refractivity contribution in [2.75, 3.05) is 31.5 Å². The molecule has 4 rings (SSSR count). The first-order chi connectivity index (χ1) is 12.7. The maximum Gasteiger partial charge on any atom is 0.272 e. The molecule has 3 heterocycles.